The summed E-state index contributed by atoms with van der Waals surface area (Å²) >= 11 is 5.99. The minimum atomic E-state index is -1.13. The lowest BCUT2D eigenvalue weighted by Crippen LogP contribution is -2.58. The van der Waals surface area contributed by atoms with E-state index in [2.05, 4.69) is 38.3 Å². The second-order valence-corrected chi connectivity index (χ2v) is 12.2. The first kappa shape index (κ1) is 26.2. The van der Waals surface area contributed by atoms with Gasteiger partial charge in [0.05, 0.1) is 17.9 Å². The van der Waals surface area contributed by atoms with E-state index in [0.717, 1.165) is 19.3 Å². The van der Waals surface area contributed by atoms with E-state index in [-0.39, 0.29) is 23.8 Å². The summed E-state index contributed by atoms with van der Waals surface area (Å²) in [6.45, 7) is 9.09. The van der Waals surface area contributed by atoms with E-state index in [1.165, 1.54) is 6.42 Å². The molecule has 1 aromatic rings. The summed E-state index contributed by atoms with van der Waals surface area (Å²) in [7, 11) is 0. The number of carbonyl (C=O) groups excluding carboxylic acids is 3. The number of anilines is 1. The van der Waals surface area contributed by atoms with Crippen LogP contribution in [0.2, 0.25) is 5.02 Å². The van der Waals surface area contributed by atoms with Crippen LogP contribution in [0.5, 0.6) is 0 Å². The third-order valence-corrected chi connectivity index (χ3v) is 9.27. The topological polar surface area (TPSA) is 87.7 Å². The minimum absolute atomic E-state index is 0.0698. The van der Waals surface area contributed by atoms with E-state index in [1.807, 2.05) is 12.2 Å². The van der Waals surface area contributed by atoms with Crippen LogP contribution in [0.3, 0.4) is 0 Å². The van der Waals surface area contributed by atoms with E-state index in [9.17, 15) is 14.4 Å². The first-order valence-corrected chi connectivity index (χ1v) is 14.0. The molecule has 8 heteroatoms. The van der Waals surface area contributed by atoms with Gasteiger partial charge in [-0.1, -0.05) is 64.3 Å². The predicted octanol–water partition coefficient (Wildman–Crippen LogP) is 4.42. The number of hydrogen-bond donors (Lipinski definition) is 2. The molecule has 200 valence electrons. The summed E-state index contributed by atoms with van der Waals surface area (Å²) in [5.41, 5.74) is -0.527. The highest BCUT2D eigenvalue weighted by Crippen LogP contribution is 2.55. The summed E-state index contributed by atoms with van der Waals surface area (Å²) in [5.74, 6) is -0.805. The van der Waals surface area contributed by atoms with Crippen LogP contribution < -0.4 is 10.6 Å². The number of halogens is 1. The standard InChI is InChI=1S/C29H38ClN3O4/c1-16(2)13-15-33-25(27(35)32-21-7-5-6-17(3)18(21)4)29-14-12-22(37-29)23(24(29)28(33)36)26(34)31-20-10-8-19(30)9-11-20/h8-12,14,16-18,21-25H,5-7,13,15H2,1-4H3,(H,31,34)(H,32,35)/t17-,18+,21-,22-,23-,24-,25+,29+/m1/s1. The molecule has 3 heterocycles. The lowest BCUT2D eigenvalue weighted by molar-refractivity contribution is -0.141. The van der Waals surface area contributed by atoms with Crippen molar-refractivity contribution in [3.63, 3.8) is 0 Å². The molecule has 37 heavy (non-hydrogen) atoms. The average Bonchev–Trinajstić information content (AvgIpc) is 3.49. The Labute approximate surface area is 224 Å². The van der Waals surface area contributed by atoms with Crippen LogP contribution in [0.25, 0.3) is 0 Å². The minimum Gasteiger partial charge on any atom is -0.359 e. The first-order chi connectivity index (χ1) is 17.6. The lowest BCUT2D eigenvalue weighted by Gasteiger charge is -2.38. The van der Waals surface area contributed by atoms with E-state index in [1.54, 1.807) is 29.2 Å². The van der Waals surface area contributed by atoms with E-state index in [4.69, 9.17) is 16.3 Å². The monoisotopic (exact) mass is 527 g/mol. The van der Waals surface area contributed by atoms with Crippen LogP contribution in [-0.4, -0.2) is 53.0 Å². The smallest absolute Gasteiger partial charge is 0.246 e. The number of benzene rings is 1. The summed E-state index contributed by atoms with van der Waals surface area (Å²) in [5, 5.41) is 6.80. The average molecular weight is 528 g/mol. The molecule has 1 saturated carbocycles. The molecule has 3 amide bonds. The molecule has 7 nitrogen and oxygen atoms in total. The van der Waals surface area contributed by atoms with Gasteiger partial charge >= 0.3 is 0 Å². The van der Waals surface area contributed by atoms with Crippen molar-refractivity contribution in [1.29, 1.82) is 0 Å². The zero-order valence-corrected chi connectivity index (χ0v) is 22.8. The van der Waals surface area contributed by atoms with Crippen molar-refractivity contribution in [2.45, 2.75) is 77.2 Å². The molecule has 2 N–H and O–H groups in total. The fourth-order valence-electron chi connectivity index (χ4n) is 6.71. The Morgan fingerprint density at radius 2 is 1.89 bits per heavy atom. The van der Waals surface area contributed by atoms with Gasteiger partial charge in [0.2, 0.25) is 17.7 Å². The normalized spacial score (nSPS) is 36.2. The first-order valence-electron chi connectivity index (χ1n) is 13.7. The molecule has 1 aliphatic carbocycles. The van der Waals surface area contributed by atoms with E-state index >= 15 is 0 Å². The van der Waals surface area contributed by atoms with Gasteiger partial charge < -0.3 is 20.3 Å². The highest BCUT2D eigenvalue weighted by molar-refractivity contribution is 6.30. The van der Waals surface area contributed by atoms with Gasteiger partial charge in [-0.3, -0.25) is 14.4 Å². The Balaban J connectivity index is 1.43. The molecule has 2 bridgehead atoms. The zero-order valence-electron chi connectivity index (χ0n) is 22.1. The lowest BCUT2D eigenvalue weighted by atomic mass is 9.73. The molecule has 0 radical (unpaired) electrons. The number of fused-ring (bicyclic) bond motifs is 1. The van der Waals surface area contributed by atoms with Crippen LogP contribution in [0.15, 0.2) is 36.4 Å². The number of amides is 3. The number of nitrogens with zero attached hydrogens (tertiary/aromatic N) is 1. The highest BCUT2D eigenvalue weighted by Gasteiger charge is 2.72. The Hall–Kier alpha value is -2.38. The zero-order chi connectivity index (χ0) is 26.5. The maximum Gasteiger partial charge on any atom is 0.246 e. The van der Waals surface area contributed by atoms with Crippen LogP contribution >= 0.6 is 11.6 Å². The van der Waals surface area contributed by atoms with Crippen molar-refractivity contribution in [3.05, 3.63) is 41.4 Å². The van der Waals surface area contributed by atoms with Crippen LogP contribution in [0, 0.1) is 29.6 Å². The largest absolute Gasteiger partial charge is 0.359 e. The van der Waals surface area contributed by atoms with Crippen LogP contribution in [-0.2, 0) is 19.1 Å². The van der Waals surface area contributed by atoms with Gasteiger partial charge in [0.15, 0.2) is 0 Å². The number of likely N-dealkylation sites (tertiary alicyclic amines) is 1. The van der Waals surface area contributed by atoms with Crippen LogP contribution in [0.1, 0.15) is 53.4 Å². The Morgan fingerprint density at radius 3 is 2.59 bits per heavy atom. The third kappa shape index (κ3) is 4.59. The Kier molecular flexibility index (Phi) is 7.14. The summed E-state index contributed by atoms with van der Waals surface area (Å²) < 4.78 is 6.44. The molecule has 1 spiro atoms. The van der Waals surface area contributed by atoms with Crippen LogP contribution in [0.4, 0.5) is 5.69 Å². The number of nitrogens with one attached hydrogen (secondary N) is 2. The molecule has 3 fully saturated rings. The van der Waals surface area contributed by atoms with Crippen molar-refractivity contribution in [3.8, 4) is 0 Å². The van der Waals surface area contributed by atoms with Crippen molar-refractivity contribution >= 4 is 35.0 Å². The van der Waals surface area contributed by atoms with E-state index < -0.39 is 29.6 Å². The number of rotatable bonds is 7. The van der Waals surface area contributed by atoms with Gasteiger partial charge in [-0.2, -0.15) is 0 Å². The van der Waals surface area contributed by atoms with Gasteiger partial charge in [0.1, 0.15) is 11.6 Å². The van der Waals surface area contributed by atoms with Gasteiger partial charge in [-0.15, -0.1) is 0 Å². The molecule has 1 aromatic carbocycles. The summed E-state index contributed by atoms with van der Waals surface area (Å²) in [4.78, 5) is 43.1. The van der Waals surface area contributed by atoms with Crippen molar-refractivity contribution < 1.29 is 19.1 Å². The predicted molar refractivity (Wildman–Crippen MR) is 143 cm³/mol. The maximum atomic E-state index is 14.0. The molecular formula is C29H38ClN3O4. The van der Waals surface area contributed by atoms with Crippen molar-refractivity contribution in [2.75, 3.05) is 11.9 Å². The number of carbonyl (C=O) groups is 3. The molecule has 4 aliphatic rings. The van der Waals surface area contributed by atoms with Crippen molar-refractivity contribution in [1.82, 2.24) is 10.2 Å². The Morgan fingerprint density at radius 1 is 1.16 bits per heavy atom. The van der Waals surface area contributed by atoms with Gasteiger partial charge in [-0.05, 0) is 54.9 Å². The molecule has 2 saturated heterocycles. The van der Waals surface area contributed by atoms with Gasteiger partial charge in [0, 0.05) is 23.3 Å². The highest BCUT2D eigenvalue weighted by atomic mass is 35.5. The fourth-order valence-corrected chi connectivity index (χ4v) is 6.84. The molecule has 5 rings (SSSR count). The number of hydrogen-bond acceptors (Lipinski definition) is 4. The van der Waals surface area contributed by atoms with E-state index in [0.29, 0.717) is 35.0 Å². The second-order valence-electron chi connectivity index (χ2n) is 11.8. The molecule has 0 unspecified atom stereocenters. The molecule has 3 aliphatic heterocycles. The van der Waals surface area contributed by atoms with Crippen molar-refractivity contribution in [2.24, 2.45) is 29.6 Å². The third-order valence-electron chi connectivity index (χ3n) is 9.02. The van der Waals surface area contributed by atoms with Gasteiger partial charge in [0.25, 0.3) is 0 Å². The molecular weight excluding hydrogens is 490 g/mol. The van der Waals surface area contributed by atoms with Gasteiger partial charge in [-0.25, -0.2) is 0 Å². The summed E-state index contributed by atoms with van der Waals surface area (Å²) in [6.07, 6.45) is 7.13. The fraction of sp³-hybridized carbons (Fsp3) is 0.621. The number of ether oxygens (including phenoxy) is 1. The molecule has 8 atom stereocenters. The maximum absolute atomic E-state index is 14.0. The second kappa shape index (κ2) is 10.1. The Bertz CT molecular complexity index is 1090. The molecule has 0 aromatic heterocycles. The summed E-state index contributed by atoms with van der Waals surface area (Å²) in [6, 6.07) is 6.15. The SMILES string of the molecule is CC(C)CCN1C(=O)[C@H]2[C@H](C(=O)Nc3ccc(Cl)cc3)[C@H]3C=C[C@@]2(O3)[C@@H]1C(=O)N[C@@H]1CCC[C@@H](C)[C@@H]1C. The quantitative estimate of drug-likeness (QED) is 0.514.